The molecule has 0 radical (unpaired) electrons. The van der Waals surface area contributed by atoms with Gasteiger partial charge in [0.2, 0.25) is 0 Å². The molecule has 21 heavy (non-hydrogen) atoms. The zero-order chi connectivity index (χ0) is 15.4. The second-order valence-electron chi connectivity index (χ2n) is 6.64. The lowest BCUT2D eigenvalue weighted by atomic mass is 9.74. The fourth-order valence-electron chi connectivity index (χ4n) is 3.50. The Bertz CT molecular complexity index is 456. The van der Waals surface area contributed by atoms with Gasteiger partial charge in [0.15, 0.2) is 0 Å². The van der Waals surface area contributed by atoms with E-state index in [2.05, 4.69) is 19.3 Å². The molecule has 1 aliphatic rings. The Morgan fingerprint density at radius 1 is 1.24 bits per heavy atom. The maximum atomic E-state index is 13.5. The van der Waals surface area contributed by atoms with Crippen LogP contribution in [0.5, 0.6) is 0 Å². The van der Waals surface area contributed by atoms with E-state index in [1.54, 1.807) is 6.07 Å². The molecule has 2 rings (SSSR count). The molecule has 0 spiro atoms. The van der Waals surface area contributed by atoms with Gasteiger partial charge in [-0.05, 0) is 67.6 Å². The number of nitrogens with two attached hydrogens (primary N) is 1. The predicted octanol–water partition coefficient (Wildman–Crippen LogP) is 4.32. The first-order valence-corrected chi connectivity index (χ1v) is 8.29. The van der Waals surface area contributed by atoms with Crippen LogP contribution in [-0.4, -0.2) is 6.04 Å². The third-order valence-corrected chi connectivity index (χ3v) is 5.29. The number of hydrogen-bond donors (Lipinski definition) is 2. The third-order valence-electron chi connectivity index (χ3n) is 4.98. The van der Waals surface area contributed by atoms with E-state index in [1.165, 1.54) is 31.7 Å². The van der Waals surface area contributed by atoms with Crippen LogP contribution in [0, 0.1) is 23.6 Å². The fraction of sp³-hybridized carbons (Fsp3) is 0.647. The topological polar surface area (TPSA) is 38.0 Å². The van der Waals surface area contributed by atoms with Crippen molar-refractivity contribution in [3.63, 3.8) is 0 Å². The van der Waals surface area contributed by atoms with E-state index in [9.17, 15) is 4.39 Å². The number of halogens is 2. The monoisotopic (exact) mass is 312 g/mol. The summed E-state index contributed by atoms with van der Waals surface area (Å²) in [6.07, 6.45) is 5.70. The molecule has 3 N–H and O–H groups in total. The third kappa shape index (κ3) is 4.41. The molecule has 1 unspecified atom stereocenters. The lowest BCUT2D eigenvalue weighted by Crippen LogP contribution is -2.44. The highest BCUT2D eigenvalue weighted by Crippen LogP contribution is 2.35. The van der Waals surface area contributed by atoms with Crippen molar-refractivity contribution < 1.29 is 4.39 Å². The van der Waals surface area contributed by atoms with Crippen molar-refractivity contribution in [2.24, 2.45) is 23.6 Å². The first kappa shape index (κ1) is 16.7. The molecule has 1 aromatic rings. The normalized spacial score (nSPS) is 24.3. The van der Waals surface area contributed by atoms with E-state index in [-0.39, 0.29) is 16.9 Å². The Morgan fingerprint density at radius 2 is 1.86 bits per heavy atom. The summed E-state index contributed by atoms with van der Waals surface area (Å²) in [5.41, 5.74) is 3.89. The zero-order valence-electron chi connectivity index (χ0n) is 12.9. The van der Waals surface area contributed by atoms with Gasteiger partial charge in [0, 0.05) is 6.04 Å². The summed E-state index contributed by atoms with van der Waals surface area (Å²) in [6.45, 7) is 4.61. The summed E-state index contributed by atoms with van der Waals surface area (Å²) in [6, 6.07) is 5.23. The lowest BCUT2D eigenvalue weighted by Gasteiger charge is -2.35. The molecule has 1 aliphatic carbocycles. The molecule has 1 saturated carbocycles. The number of hydrazine groups is 1. The maximum absolute atomic E-state index is 13.5. The average molecular weight is 313 g/mol. The zero-order valence-corrected chi connectivity index (χ0v) is 13.7. The number of hydrogen-bond acceptors (Lipinski definition) is 2. The molecule has 0 heterocycles. The van der Waals surface area contributed by atoms with Crippen molar-refractivity contribution in [1.29, 1.82) is 0 Å². The Balaban J connectivity index is 1.95. The Morgan fingerprint density at radius 3 is 2.38 bits per heavy atom. The molecule has 0 saturated heterocycles. The maximum Gasteiger partial charge on any atom is 0.142 e. The summed E-state index contributed by atoms with van der Waals surface area (Å²) >= 11 is 5.73. The van der Waals surface area contributed by atoms with Gasteiger partial charge in [-0.3, -0.25) is 11.3 Å². The molecule has 0 aromatic heterocycles. The van der Waals surface area contributed by atoms with Gasteiger partial charge in [-0.15, -0.1) is 0 Å². The minimum Gasteiger partial charge on any atom is -0.271 e. The van der Waals surface area contributed by atoms with Gasteiger partial charge >= 0.3 is 0 Å². The highest BCUT2D eigenvalue weighted by molar-refractivity contribution is 6.30. The van der Waals surface area contributed by atoms with Crippen molar-refractivity contribution >= 4 is 11.6 Å². The van der Waals surface area contributed by atoms with E-state index < -0.39 is 0 Å². The molecule has 1 atom stereocenters. The molecule has 0 aliphatic heterocycles. The van der Waals surface area contributed by atoms with Crippen LogP contribution in [-0.2, 0) is 6.42 Å². The molecule has 1 fully saturated rings. The molecule has 1 aromatic carbocycles. The van der Waals surface area contributed by atoms with Gasteiger partial charge in [-0.1, -0.05) is 31.5 Å². The fourth-order valence-corrected chi connectivity index (χ4v) is 3.61. The van der Waals surface area contributed by atoms with Gasteiger partial charge in [0.1, 0.15) is 5.82 Å². The van der Waals surface area contributed by atoms with Gasteiger partial charge < -0.3 is 0 Å². The van der Waals surface area contributed by atoms with E-state index in [1.807, 2.05) is 6.07 Å². The SMILES string of the molecule is CC(C)C1CCC(C(Cc2ccc(Cl)c(F)c2)NN)CC1. The van der Waals surface area contributed by atoms with Crippen LogP contribution in [0.1, 0.15) is 45.1 Å². The molecule has 0 amide bonds. The van der Waals surface area contributed by atoms with Crippen molar-refractivity contribution in [3.8, 4) is 0 Å². The molecular weight excluding hydrogens is 287 g/mol. The van der Waals surface area contributed by atoms with Gasteiger partial charge in [0.25, 0.3) is 0 Å². The summed E-state index contributed by atoms with van der Waals surface area (Å²) in [7, 11) is 0. The smallest absolute Gasteiger partial charge is 0.142 e. The second-order valence-corrected chi connectivity index (χ2v) is 7.05. The van der Waals surface area contributed by atoms with Crippen molar-refractivity contribution in [2.75, 3.05) is 0 Å². The highest BCUT2D eigenvalue weighted by Gasteiger charge is 2.28. The van der Waals surface area contributed by atoms with Crippen LogP contribution in [0.25, 0.3) is 0 Å². The average Bonchev–Trinajstić information content (AvgIpc) is 2.48. The number of nitrogens with one attached hydrogen (secondary N) is 1. The number of rotatable bonds is 5. The van der Waals surface area contributed by atoms with Gasteiger partial charge in [-0.25, -0.2) is 4.39 Å². The van der Waals surface area contributed by atoms with Crippen LogP contribution in [0.4, 0.5) is 4.39 Å². The summed E-state index contributed by atoms with van der Waals surface area (Å²) in [4.78, 5) is 0. The van der Waals surface area contributed by atoms with Crippen LogP contribution < -0.4 is 11.3 Å². The van der Waals surface area contributed by atoms with Gasteiger partial charge in [0.05, 0.1) is 5.02 Å². The van der Waals surface area contributed by atoms with Crippen molar-refractivity contribution in [2.45, 2.75) is 52.0 Å². The minimum atomic E-state index is -0.353. The summed E-state index contributed by atoms with van der Waals surface area (Å²) in [5, 5.41) is 0.174. The van der Waals surface area contributed by atoms with Crippen LogP contribution in [0.3, 0.4) is 0 Å². The Hall–Kier alpha value is -0.640. The quantitative estimate of drug-likeness (QED) is 0.628. The van der Waals surface area contributed by atoms with E-state index >= 15 is 0 Å². The Kier molecular flexibility index (Phi) is 6.03. The molecule has 4 heteroatoms. The second kappa shape index (κ2) is 7.57. The molecule has 118 valence electrons. The van der Waals surface area contributed by atoms with E-state index in [0.717, 1.165) is 23.8 Å². The summed E-state index contributed by atoms with van der Waals surface area (Å²) in [5.74, 6) is 7.57. The van der Waals surface area contributed by atoms with Crippen LogP contribution in [0.2, 0.25) is 5.02 Å². The minimum absolute atomic E-state index is 0.174. The molecule has 0 bridgehead atoms. The van der Waals surface area contributed by atoms with Gasteiger partial charge in [-0.2, -0.15) is 0 Å². The molecular formula is C17H26ClFN2. The van der Waals surface area contributed by atoms with Crippen LogP contribution >= 0.6 is 11.6 Å². The van der Waals surface area contributed by atoms with E-state index in [0.29, 0.717) is 5.92 Å². The lowest BCUT2D eigenvalue weighted by molar-refractivity contribution is 0.188. The molecule has 2 nitrogen and oxygen atoms in total. The van der Waals surface area contributed by atoms with Crippen molar-refractivity contribution in [3.05, 3.63) is 34.6 Å². The standard InChI is InChI=1S/C17H26ClFN2/c1-11(2)13-4-6-14(7-5-13)17(21-20)10-12-3-8-15(18)16(19)9-12/h3,8-9,11,13-14,17,21H,4-7,10,20H2,1-2H3. The Labute approximate surface area is 132 Å². The van der Waals surface area contributed by atoms with Crippen LogP contribution in [0.15, 0.2) is 18.2 Å². The predicted molar refractivity (Wildman–Crippen MR) is 86.5 cm³/mol. The first-order chi connectivity index (χ1) is 10.0. The number of benzene rings is 1. The van der Waals surface area contributed by atoms with Crippen molar-refractivity contribution in [1.82, 2.24) is 5.43 Å². The highest BCUT2D eigenvalue weighted by atomic mass is 35.5. The van der Waals surface area contributed by atoms with E-state index in [4.69, 9.17) is 17.4 Å². The first-order valence-electron chi connectivity index (χ1n) is 7.91. The largest absolute Gasteiger partial charge is 0.271 e. The summed E-state index contributed by atoms with van der Waals surface area (Å²) < 4.78 is 13.5.